The van der Waals surface area contributed by atoms with Gasteiger partial charge in [-0.25, -0.2) is 0 Å². The fraction of sp³-hybridized carbons (Fsp3) is 0.923. The van der Waals surface area contributed by atoms with E-state index in [2.05, 4.69) is 0 Å². The van der Waals surface area contributed by atoms with Crippen molar-refractivity contribution in [3.05, 3.63) is 0 Å². The van der Waals surface area contributed by atoms with Gasteiger partial charge in [0.05, 0.1) is 5.92 Å². The molecule has 0 aromatic heterocycles. The van der Waals surface area contributed by atoms with Gasteiger partial charge in [-0.2, -0.15) is 13.2 Å². The van der Waals surface area contributed by atoms with Crippen LogP contribution in [0.1, 0.15) is 25.7 Å². The first-order valence-corrected chi connectivity index (χ1v) is 7.07. The van der Waals surface area contributed by atoms with Crippen molar-refractivity contribution in [1.29, 1.82) is 0 Å². The number of halogens is 3. The molecule has 0 aromatic rings. The summed E-state index contributed by atoms with van der Waals surface area (Å²) >= 11 is 0. The molecule has 1 aliphatic rings. The maximum Gasteiger partial charge on any atom is 0.393 e. The fourth-order valence-corrected chi connectivity index (χ4v) is 2.42. The molecule has 20 heavy (non-hydrogen) atoms. The number of likely N-dealkylation sites (tertiary alicyclic amines) is 1. The molecule has 1 unspecified atom stereocenters. The Morgan fingerprint density at radius 3 is 2.75 bits per heavy atom. The summed E-state index contributed by atoms with van der Waals surface area (Å²) in [6.45, 7) is 2.19. The summed E-state index contributed by atoms with van der Waals surface area (Å²) in [6.07, 6.45) is -2.37. The van der Waals surface area contributed by atoms with Gasteiger partial charge in [-0.15, -0.1) is 0 Å². The number of amides is 1. The molecule has 1 amide bonds. The van der Waals surface area contributed by atoms with Crippen LogP contribution in [0.2, 0.25) is 0 Å². The first-order chi connectivity index (χ1) is 9.34. The summed E-state index contributed by atoms with van der Waals surface area (Å²) in [5.41, 5.74) is 5.37. The highest BCUT2D eigenvalue weighted by Crippen LogP contribution is 2.33. The first-order valence-electron chi connectivity index (χ1n) is 7.07. The van der Waals surface area contributed by atoms with Crippen molar-refractivity contribution in [1.82, 2.24) is 9.80 Å². The van der Waals surface area contributed by atoms with Gasteiger partial charge >= 0.3 is 6.18 Å². The van der Waals surface area contributed by atoms with Crippen LogP contribution in [0.3, 0.4) is 0 Å². The van der Waals surface area contributed by atoms with Gasteiger partial charge in [-0.1, -0.05) is 0 Å². The Morgan fingerprint density at radius 2 is 2.15 bits per heavy atom. The molecule has 0 aliphatic carbocycles. The summed E-state index contributed by atoms with van der Waals surface area (Å²) in [4.78, 5) is 15.1. The Hall–Kier alpha value is -0.820. The summed E-state index contributed by atoms with van der Waals surface area (Å²) in [5.74, 6) is -1.28. The van der Waals surface area contributed by atoms with Gasteiger partial charge in [0.2, 0.25) is 5.91 Å². The molecule has 1 aliphatic heterocycles. The molecule has 7 heteroatoms. The van der Waals surface area contributed by atoms with E-state index in [1.165, 1.54) is 0 Å². The molecule has 1 heterocycles. The lowest BCUT2D eigenvalue weighted by molar-refractivity contribution is -0.186. The topological polar surface area (TPSA) is 49.6 Å². The SMILES string of the molecule is CN(CCCN)C(=O)CCN1CCCC(C(F)(F)F)C1. The zero-order chi connectivity index (χ0) is 15.2. The zero-order valence-corrected chi connectivity index (χ0v) is 12.0. The standard InChI is InChI=1S/C13H24F3N3O/c1-18(7-3-6-17)12(20)5-9-19-8-2-4-11(10-19)13(14,15)16/h11H,2-10,17H2,1H3. The van der Waals surface area contributed by atoms with E-state index < -0.39 is 12.1 Å². The van der Waals surface area contributed by atoms with Crippen LogP contribution in [-0.4, -0.2) is 61.7 Å². The predicted molar refractivity (Wildman–Crippen MR) is 71.1 cm³/mol. The van der Waals surface area contributed by atoms with Crippen LogP contribution < -0.4 is 5.73 Å². The Labute approximate surface area is 118 Å². The number of alkyl halides is 3. The van der Waals surface area contributed by atoms with E-state index in [1.807, 2.05) is 0 Å². The van der Waals surface area contributed by atoms with Crippen molar-refractivity contribution < 1.29 is 18.0 Å². The minimum absolute atomic E-state index is 0.0172. The van der Waals surface area contributed by atoms with E-state index in [-0.39, 0.29) is 25.3 Å². The van der Waals surface area contributed by atoms with Crippen LogP contribution in [0, 0.1) is 5.92 Å². The summed E-state index contributed by atoms with van der Waals surface area (Å²) in [5, 5.41) is 0. The van der Waals surface area contributed by atoms with Crippen LogP contribution in [0.25, 0.3) is 0 Å². The second-order valence-electron chi connectivity index (χ2n) is 5.39. The van der Waals surface area contributed by atoms with Crippen molar-refractivity contribution in [3.63, 3.8) is 0 Å². The Balaban J connectivity index is 2.32. The van der Waals surface area contributed by atoms with Crippen molar-refractivity contribution in [3.8, 4) is 0 Å². The van der Waals surface area contributed by atoms with Gasteiger partial charge < -0.3 is 15.5 Å². The van der Waals surface area contributed by atoms with Gasteiger partial charge in [-0.05, 0) is 32.4 Å². The lowest BCUT2D eigenvalue weighted by atomic mass is 9.97. The number of piperidine rings is 1. The quantitative estimate of drug-likeness (QED) is 0.807. The molecule has 1 saturated heterocycles. The number of nitrogens with two attached hydrogens (primary N) is 1. The van der Waals surface area contributed by atoms with Crippen molar-refractivity contribution in [2.75, 3.05) is 39.8 Å². The highest BCUT2D eigenvalue weighted by atomic mass is 19.4. The van der Waals surface area contributed by atoms with Crippen molar-refractivity contribution in [2.45, 2.75) is 31.9 Å². The molecule has 1 atom stereocenters. The number of carbonyl (C=O) groups is 1. The molecule has 0 saturated carbocycles. The summed E-state index contributed by atoms with van der Waals surface area (Å²) < 4.78 is 38.0. The van der Waals surface area contributed by atoms with Gasteiger partial charge in [0.25, 0.3) is 0 Å². The van der Waals surface area contributed by atoms with E-state index >= 15 is 0 Å². The molecule has 118 valence electrons. The third-order valence-electron chi connectivity index (χ3n) is 3.73. The van der Waals surface area contributed by atoms with E-state index in [0.717, 1.165) is 6.42 Å². The van der Waals surface area contributed by atoms with E-state index in [9.17, 15) is 18.0 Å². The molecule has 1 rings (SSSR count). The Morgan fingerprint density at radius 1 is 1.45 bits per heavy atom. The smallest absolute Gasteiger partial charge is 0.346 e. The van der Waals surface area contributed by atoms with Gasteiger partial charge in [-0.3, -0.25) is 4.79 Å². The molecule has 4 nitrogen and oxygen atoms in total. The van der Waals surface area contributed by atoms with Crippen molar-refractivity contribution >= 4 is 5.91 Å². The highest BCUT2D eigenvalue weighted by Gasteiger charge is 2.41. The van der Waals surface area contributed by atoms with Crippen LogP contribution in [0.15, 0.2) is 0 Å². The maximum atomic E-state index is 12.7. The van der Waals surface area contributed by atoms with Crippen LogP contribution in [-0.2, 0) is 4.79 Å². The van der Waals surface area contributed by atoms with Crippen LogP contribution in [0.4, 0.5) is 13.2 Å². The van der Waals surface area contributed by atoms with Crippen LogP contribution in [0.5, 0.6) is 0 Å². The number of carbonyl (C=O) groups excluding carboxylic acids is 1. The minimum atomic E-state index is -4.12. The molecule has 0 aromatic carbocycles. The largest absolute Gasteiger partial charge is 0.393 e. The molecule has 0 bridgehead atoms. The zero-order valence-electron chi connectivity index (χ0n) is 12.0. The summed E-state index contributed by atoms with van der Waals surface area (Å²) in [6, 6.07) is 0. The predicted octanol–water partition coefficient (Wildman–Crippen LogP) is 1.46. The lowest BCUT2D eigenvalue weighted by Gasteiger charge is -2.33. The average Bonchev–Trinajstić information content (AvgIpc) is 2.41. The maximum absolute atomic E-state index is 12.7. The van der Waals surface area contributed by atoms with Gasteiger partial charge in [0, 0.05) is 33.1 Å². The van der Waals surface area contributed by atoms with Crippen molar-refractivity contribution in [2.24, 2.45) is 11.7 Å². The van der Waals surface area contributed by atoms with Gasteiger partial charge in [0.15, 0.2) is 0 Å². The normalized spacial score (nSPS) is 20.9. The second-order valence-corrected chi connectivity index (χ2v) is 5.39. The molecular formula is C13H24F3N3O. The molecule has 2 N–H and O–H groups in total. The van der Waals surface area contributed by atoms with Crippen LogP contribution >= 0.6 is 0 Å². The highest BCUT2D eigenvalue weighted by molar-refractivity contribution is 5.76. The van der Waals surface area contributed by atoms with E-state index in [4.69, 9.17) is 5.73 Å². The van der Waals surface area contributed by atoms with E-state index in [1.54, 1.807) is 16.8 Å². The number of nitrogens with zero attached hydrogens (tertiary/aromatic N) is 2. The minimum Gasteiger partial charge on any atom is -0.346 e. The average molecular weight is 295 g/mol. The van der Waals surface area contributed by atoms with Gasteiger partial charge in [0.1, 0.15) is 0 Å². The first kappa shape index (κ1) is 17.2. The fourth-order valence-electron chi connectivity index (χ4n) is 2.42. The lowest BCUT2D eigenvalue weighted by Crippen LogP contribution is -2.43. The number of rotatable bonds is 6. The third kappa shape index (κ3) is 5.66. The van der Waals surface area contributed by atoms with E-state index in [0.29, 0.717) is 32.6 Å². The second kappa shape index (κ2) is 7.83. The monoisotopic (exact) mass is 295 g/mol. The Kier molecular flexibility index (Phi) is 6.75. The molecule has 0 spiro atoms. The third-order valence-corrected chi connectivity index (χ3v) is 3.73. The molecular weight excluding hydrogens is 271 g/mol. The number of hydrogen-bond donors (Lipinski definition) is 1. The summed E-state index contributed by atoms with van der Waals surface area (Å²) in [7, 11) is 1.70. The molecule has 0 radical (unpaired) electrons. The Bertz CT molecular complexity index is 310. The number of hydrogen-bond acceptors (Lipinski definition) is 3. The molecule has 1 fully saturated rings.